The Morgan fingerprint density at radius 3 is 2.38 bits per heavy atom. The first-order valence-corrected chi connectivity index (χ1v) is 5.69. The molecule has 0 rings (SSSR count). The molecule has 0 radical (unpaired) electrons. The van der Waals surface area contributed by atoms with Crippen LogP contribution in [0.25, 0.3) is 0 Å². The van der Waals surface area contributed by atoms with Gasteiger partial charge in [0.2, 0.25) is 5.91 Å². The average Bonchev–Trinajstić information content (AvgIpc) is 2.25. The Bertz CT molecular complexity index is 231. The van der Waals surface area contributed by atoms with Crippen LogP contribution in [0.1, 0.15) is 33.1 Å². The molecule has 0 saturated carbocycles. The lowest BCUT2D eigenvalue weighted by Crippen LogP contribution is -2.31. The Morgan fingerprint density at radius 2 is 1.88 bits per heavy atom. The van der Waals surface area contributed by atoms with Crippen molar-refractivity contribution in [1.29, 1.82) is 0 Å². The Morgan fingerprint density at radius 1 is 1.25 bits per heavy atom. The molecule has 0 aromatic carbocycles. The molecule has 0 bridgehead atoms. The molecule has 5 nitrogen and oxygen atoms in total. The summed E-state index contributed by atoms with van der Waals surface area (Å²) in [4.78, 5) is 22.0. The molecular formula is C11H22N2O3. The Balaban J connectivity index is 3.68. The summed E-state index contributed by atoms with van der Waals surface area (Å²) in [6.45, 7) is 4.49. The number of carboxylic acids is 1. The quantitative estimate of drug-likeness (QED) is 0.569. The van der Waals surface area contributed by atoms with Crippen molar-refractivity contribution in [3.63, 3.8) is 0 Å². The van der Waals surface area contributed by atoms with E-state index in [0.717, 1.165) is 12.8 Å². The average molecular weight is 230 g/mol. The van der Waals surface area contributed by atoms with Gasteiger partial charge in [-0.05, 0) is 25.8 Å². The van der Waals surface area contributed by atoms with Gasteiger partial charge < -0.3 is 16.2 Å². The van der Waals surface area contributed by atoms with Crippen LogP contribution in [0.5, 0.6) is 0 Å². The maximum absolute atomic E-state index is 11.5. The van der Waals surface area contributed by atoms with Gasteiger partial charge in [-0.15, -0.1) is 0 Å². The van der Waals surface area contributed by atoms with Crippen LogP contribution in [0.15, 0.2) is 0 Å². The van der Waals surface area contributed by atoms with Crippen molar-refractivity contribution in [2.75, 3.05) is 13.1 Å². The summed E-state index contributed by atoms with van der Waals surface area (Å²) in [6, 6.07) is 0. The number of hydrogen-bond donors (Lipinski definition) is 3. The summed E-state index contributed by atoms with van der Waals surface area (Å²) in [7, 11) is 0. The zero-order valence-electron chi connectivity index (χ0n) is 10.0. The molecule has 0 fully saturated rings. The number of aliphatic carboxylic acids is 1. The van der Waals surface area contributed by atoms with Gasteiger partial charge in [-0.3, -0.25) is 9.59 Å². The number of amides is 1. The van der Waals surface area contributed by atoms with Gasteiger partial charge in [0.1, 0.15) is 0 Å². The van der Waals surface area contributed by atoms with Crippen molar-refractivity contribution in [1.82, 2.24) is 5.32 Å². The summed E-state index contributed by atoms with van der Waals surface area (Å²) in [6.07, 6.45) is 2.07. The molecular weight excluding hydrogens is 208 g/mol. The fraction of sp³-hybridized carbons (Fsp3) is 0.818. The minimum absolute atomic E-state index is 0.0222. The minimum atomic E-state index is -0.828. The molecule has 2 atom stereocenters. The van der Waals surface area contributed by atoms with Gasteiger partial charge >= 0.3 is 5.97 Å². The molecule has 2 unspecified atom stereocenters. The van der Waals surface area contributed by atoms with Crippen LogP contribution in [0.2, 0.25) is 0 Å². The van der Waals surface area contributed by atoms with Crippen LogP contribution in [0.4, 0.5) is 0 Å². The van der Waals surface area contributed by atoms with Crippen molar-refractivity contribution in [3.05, 3.63) is 0 Å². The van der Waals surface area contributed by atoms with E-state index in [1.165, 1.54) is 0 Å². The van der Waals surface area contributed by atoms with E-state index in [-0.39, 0.29) is 11.8 Å². The number of carboxylic acid groups (broad SMARTS) is 1. The van der Waals surface area contributed by atoms with Crippen LogP contribution in [0, 0.1) is 11.8 Å². The van der Waals surface area contributed by atoms with Gasteiger partial charge in [0.25, 0.3) is 0 Å². The zero-order chi connectivity index (χ0) is 12.6. The van der Waals surface area contributed by atoms with Gasteiger partial charge in [-0.25, -0.2) is 0 Å². The van der Waals surface area contributed by atoms with Gasteiger partial charge in [0.15, 0.2) is 0 Å². The molecule has 94 valence electrons. The van der Waals surface area contributed by atoms with Gasteiger partial charge in [0, 0.05) is 12.5 Å². The predicted octanol–water partition coefficient (Wildman–Crippen LogP) is 0.588. The molecule has 0 aromatic rings. The first kappa shape index (κ1) is 14.9. The maximum atomic E-state index is 11.5. The first-order valence-electron chi connectivity index (χ1n) is 5.69. The molecule has 0 aliphatic heterocycles. The van der Waals surface area contributed by atoms with Crippen LogP contribution in [-0.2, 0) is 9.59 Å². The van der Waals surface area contributed by atoms with Crippen molar-refractivity contribution in [2.45, 2.75) is 33.1 Å². The summed E-state index contributed by atoms with van der Waals surface area (Å²) in [5.74, 6) is -1.32. The van der Waals surface area contributed by atoms with Crippen LogP contribution in [0.3, 0.4) is 0 Å². The van der Waals surface area contributed by atoms with Gasteiger partial charge in [-0.2, -0.15) is 0 Å². The molecule has 0 aromatic heterocycles. The highest BCUT2D eigenvalue weighted by Gasteiger charge is 2.14. The summed E-state index contributed by atoms with van der Waals surface area (Å²) >= 11 is 0. The van der Waals surface area contributed by atoms with E-state index in [1.54, 1.807) is 6.92 Å². The molecule has 4 N–H and O–H groups in total. The number of carbonyl (C=O) groups is 2. The van der Waals surface area contributed by atoms with E-state index in [4.69, 9.17) is 10.8 Å². The first-order chi connectivity index (χ1) is 7.49. The van der Waals surface area contributed by atoms with E-state index in [9.17, 15) is 9.59 Å². The smallest absolute Gasteiger partial charge is 0.306 e. The Hall–Kier alpha value is -1.10. The monoisotopic (exact) mass is 230 g/mol. The second kappa shape index (κ2) is 8.10. The second-order valence-corrected chi connectivity index (χ2v) is 4.15. The SMILES string of the molecule is CC(CCNC(=O)C(C)CCCN)C(=O)O. The molecule has 0 heterocycles. The summed E-state index contributed by atoms with van der Waals surface area (Å²) in [5, 5.41) is 11.4. The lowest BCUT2D eigenvalue weighted by molar-refractivity contribution is -0.141. The topological polar surface area (TPSA) is 92.4 Å². The van der Waals surface area contributed by atoms with Crippen molar-refractivity contribution >= 4 is 11.9 Å². The number of carbonyl (C=O) groups excluding carboxylic acids is 1. The molecule has 16 heavy (non-hydrogen) atoms. The van der Waals surface area contributed by atoms with Crippen LogP contribution in [-0.4, -0.2) is 30.1 Å². The lowest BCUT2D eigenvalue weighted by Gasteiger charge is -2.12. The third kappa shape index (κ3) is 6.40. The highest BCUT2D eigenvalue weighted by Crippen LogP contribution is 2.05. The van der Waals surface area contributed by atoms with E-state index in [0.29, 0.717) is 19.5 Å². The third-order valence-corrected chi connectivity index (χ3v) is 2.59. The summed E-state index contributed by atoms with van der Waals surface area (Å²) in [5.41, 5.74) is 5.35. The molecule has 0 aliphatic rings. The fourth-order valence-corrected chi connectivity index (χ4v) is 1.26. The van der Waals surface area contributed by atoms with E-state index >= 15 is 0 Å². The lowest BCUT2D eigenvalue weighted by atomic mass is 10.0. The zero-order valence-corrected chi connectivity index (χ0v) is 10.0. The number of hydrogen-bond acceptors (Lipinski definition) is 3. The second-order valence-electron chi connectivity index (χ2n) is 4.15. The largest absolute Gasteiger partial charge is 0.481 e. The van der Waals surface area contributed by atoms with Crippen LogP contribution < -0.4 is 11.1 Å². The number of nitrogens with one attached hydrogen (secondary N) is 1. The van der Waals surface area contributed by atoms with Crippen molar-refractivity contribution in [3.8, 4) is 0 Å². The Kier molecular flexibility index (Phi) is 7.54. The van der Waals surface area contributed by atoms with Gasteiger partial charge in [-0.1, -0.05) is 13.8 Å². The molecule has 1 amide bonds. The van der Waals surface area contributed by atoms with E-state index in [1.807, 2.05) is 6.92 Å². The molecule has 5 heteroatoms. The van der Waals surface area contributed by atoms with Crippen molar-refractivity contribution in [2.24, 2.45) is 17.6 Å². The van der Waals surface area contributed by atoms with E-state index < -0.39 is 11.9 Å². The normalized spacial score (nSPS) is 14.2. The fourth-order valence-electron chi connectivity index (χ4n) is 1.26. The summed E-state index contributed by atoms with van der Waals surface area (Å²) < 4.78 is 0. The van der Waals surface area contributed by atoms with Gasteiger partial charge in [0.05, 0.1) is 5.92 Å². The molecule has 0 spiro atoms. The third-order valence-electron chi connectivity index (χ3n) is 2.59. The molecule has 0 saturated heterocycles. The van der Waals surface area contributed by atoms with Crippen molar-refractivity contribution < 1.29 is 14.7 Å². The minimum Gasteiger partial charge on any atom is -0.481 e. The predicted molar refractivity (Wildman–Crippen MR) is 61.9 cm³/mol. The standard InChI is InChI=1S/C11H22N2O3/c1-8(4-3-6-12)10(14)13-7-5-9(2)11(15)16/h8-9H,3-7,12H2,1-2H3,(H,13,14)(H,15,16). The highest BCUT2D eigenvalue weighted by molar-refractivity contribution is 5.78. The molecule has 0 aliphatic carbocycles. The highest BCUT2D eigenvalue weighted by atomic mass is 16.4. The number of nitrogens with two attached hydrogens (primary N) is 1. The Labute approximate surface area is 96.4 Å². The number of rotatable bonds is 8. The van der Waals surface area contributed by atoms with E-state index in [2.05, 4.69) is 5.32 Å². The maximum Gasteiger partial charge on any atom is 0.306 e. The van der Waals surface area contributed by atoms with Crippen LogP contribution >= 0.6 is 0 Å².